The van der Waals surface area contributed by atoms with Crippen LogP contribution < -0.4 is 5.32 Å². The number of methoxy groups -OCH3 is 1. The zero-order valence-electron chi connectivity index (χ0n) is 10.1. The summed E-state index contributed by atoms with van der Waals surface area (Å²) in [6.07, 6.45) is 0. The minimum atomic E-state index is -0.510. The molecule has 0 radical (unpaired) electrons. The quantitative estimate of drug-likeness (QED) is 0.872. The van der Waals surface area contributed by atoms with Crippen molar-refractivity contribution in [1.82, 2.24) is 0 Å². The van der Waals surface area contributed by atoms with E-state index in [-0.39, 0.29) is 11.3 Å². The van der Waals surface area contributed by atoms with E-state index < -0.39 is 11.8 Å². The Kier molecular flexibility index (Phi) is 4.21. The molecule has 4 nitrogen and oxygen atoms in total. The van der Waals surface area contributed by atoms with E-state index in [4.69, 9.17) is 4.42 Å². The van der Waals surface area contributed by atoms with Crippen LogP contribution in [-0.4, -0.2) is 13.1 Å². The summed E-state index contributed by atoms with van der Waals surface area (Å²) in [5.41, 5.74) is 0.502. The Labute approximate surface area is 117 Å². The molecule has 2 aromatic rings. The van der Waals surface area contributed by atoms with Gasteiger partial charge in [0.1, 0.15) is 11.6 Å². The zero-order chi connectivity index (χ0) is 13.8. The number of esters is 1. The van der Waals surface area contributed by atoms with Crippen molar-refractivity contribution in [2.24, 2.45) is 0 Å². The second-order valence-corrected chi connectivity index (χ2v) is 4.53. The largest absolute Gasteiger partial charge is 0.465 e. The number of hydrogen-bond acceptors (Lipinski definition) is 4. The fraction of sp³-hybridized carbons (Fsp3) is 0.154. The highest BCUT2D eigenvalue weighted by Gasteiger charge is 2.10. The van der Waals surface area contributed by atoms with E-state index in [0.717, 1.165) is 0 Å². The number of halogens is 2. The van der Waals surface area contributed by atoms with Gasteiger partial charge >= 0.3 is 5.97 Å². The molecule has 2 rings (SSSR count). The molecule has 0 aliphatic rings. The number of anilines is 1. The second kappa shape index (κ2) is 5.88. The predicted octanol–water partition coefficient (Wildman–Crippen LogP) is 3.58. The Balaban J connectivity index is 2.12. The number of carbonyl (C=O) groups is 1. The molecule has 0 saturated carbocycles. The number of nitrogens with one attached hydrogen (secondary N) is 1. The maximum absolute atomic E-state index is 13.6. The number of ether oxygens (including phenoxy) is 1. The van der Waals surface area contributed by atoms with Crippen molar-refractivity contribution in [3.8, 4) is 0 Å². The van der Waals surface area contributed by atoms with Crippen molar-refractivity contribution in [3.05, 3.63) is 52.1 Å². The number of hydrogen-bond donors (Lipinski definition) is 1. The molecule has 0 aliphatic heterocycles. The standard InChI is InChI=1S/C13H11BrFNO3/c1-18-13(17)8-2-4-10(15)11(6-8)16-7-9-3-5-12(14)19-9/h2-6,16H,7H2,1H3. The minimum absolute atomic E-state index is 0.218. The van der Waals surface area contributed by atoms with Crippen LogP contribution >= 0.6 is 15.9 Å². The highest BCUT2D eigenvalue weighted by Crippen LogP contribution is 2.19. The van der Waals surface area contributed by atoms with Gasteiger partial charge in [0.25, 0.3) is 0 Å². The summed E-state index contributed by atoms with van der Waals surface area (Å²) < 4.78 is 24.1. The monoisotopic (exact) mass is 327 g/mol. The van der Waals surface area contributed by atoms with Gasteiger partial charge < -0.3 is 14.5 Å². The maximum Gasteiger partial charge on any atom is 0.337 e. The highest BCUT2D eigenvalue weighted by molar-refractivity contribution is 9.10. The van der Waals surface area contributed by atoms with Crippen LogP contribution in [0.3, 0.4) is 0 Å². The van der Waals surface area contributed by atoms with E-state index in [1.807, 2.05) is 0 Å². The SMILES string of the molecule is COC(=O)c1ccc(F)c(NCc2ccc(Br)o2)c1. The van der Waals surface area contributed by atoms with Gasteiger partial charge in [-0.1, -0.05) is 0 Å². The topological polar surface area (TPSA) is 51.5 Å². The number of furan rings is 1. The molecule has 0 spiro atoms. The van der Waals surface area contributed by atoms with E-state index in [9.17, 15) is 9.18 Å². The summed E-state index contributed by atoms with van der Waals surface area (Å²) >= 11 is 3.18. The van der Waals surface area contributed by atoms with Crippen molar-refractivity contribution in [1.29, 1.82) is 0 Å². The lowest BCUT2D eigenvalue weighted by Gasteiger charge is -2.07. The third-order valence-electron chi connectivity index (χ3n) is 2.47. The summed E-state index contributed by atoms with van der Waals surface area (Å²) in [6.45, 7) is 0.313. The smallest absolute Gasteiger partial charge is 0.337 e. The molecule has 0 unspecified atom stereocenters. The molecule has 1 N–H and O–H groups in total. The summed E-state index contributed by atoms with van der Waals surface area (Å²) in [6, 6.07) is 7.50. The van der Waals surface area contributed by atoms with Crippen LogP contribution in [0.2, 0.25) is 0 Å². The first kappa shape index (κ1) is 13.6. The molecule has 0 atom stereocenters. The molecule has 6 heteroatoms. The normalized spacial score (nSPS) is 10.3. The van der Waals surface area contributed by atoms with Crippen LogP contribution in [0.4, 0.5) is 10.1 Å². The van der Waals surface area contributed by atoms with E-state index in [2.05, 4.69) is 26.0 Å². The summed E-state index contributed by atoms with van der Waals surface area (Å²) in [7, 11) is 1.28. The molecule has 1 aromatic carbocycles. The van der Waals surface area contributed by atoms with Crippen LogP contribution in [0.5, 0.6) is 0 Å². The summed E-state index contributed by atoms with van der Waals surface area (Å²) in [5.74, 6) is -0.309. The molecule has 100 valence electrons. The van der Waals surface area contributed by atoms with Crippen LogP contribution in [0.25, 0.3) is 0 Å². The molecule has 1 heterocycles. The van der Waals surface area contributed by atoms with Crippen LogP contribution in [0.15, 0.2) is 39.4 Å². The number of carbonyl (C=O) groups excluding carboxylic acids is 1. The van der Waals surface area contributed by atoms with Crippen molar-refractivity contribution in [3.63, 3.8) is 0 Å². The minimum Gasteiger partial charge on any atom is -0.465 e. The highest BCUT2D eigenvalue weighted by atomic mass is 79.9. The Morgan fingerprint density at radius 1 is 1.42 bits per heavy atom. The number of benzene rings is 1. The molecule has 0 saturated heterocycles. The molecule has 1 aromatic heterocycles. The molecule has 19 heavy (non-hydrogen) atoms. The van der Waals surface area contributed by atoms with Gasteiger partial charge in [0.2, 0.25) is 0 Å². The molecule has 0 amide bonds. The van der Waals surface area contributed by atoms with Crippen molar-refractivity contribution >= 4 is 27.6 Å². The Morgan fingerprint density at radius 2 is 2.21 bits per heavy atom. The molecule has 0 aliphatic carbocycles. The van der Waals surface area contributed by atoms with Gasteiger partial charge in [-0.05, 0) is 46.3 Å². The molecular formula is C13H11BrFNO3. The van der Waals surface area contributed by atoms with E-state index >= 15 is 0 Å². The first-order chi connectivity index (χ1) is 9.10. The first-order valence-electron chi connectivity index (χ1n) is 5.46. The van der Waals surface area contributed by atoms with Gasteiger partial charge in [0.05, 0.1) is 24.9 Å². The fourth-order valence-corrected chi connectivity index (χ4v) is 1.87. The average Bonchev–Trinajstić information content (AvgIpc) is 2.82. The van der Waals surface area contributed by atoms with Crippen LogP contribution in [0, 0.1) is 5.82 Å². The van der Waals surface area contributed by atoms with E-state index in [1.165, 1.54) is 25.3 Å². The average molecular weight is 328 g/mol. The van der Waals surface area contributed by atoms with Crippen LogP contribution in [0.1, 0.15) is 16.1 Å². The fourth-order valence-electron chi connectivity index (χ4n) is 1.53. The van der Waals surface area contributed by atoms with E-state index in [0.29, 0.717) is 17.0 Å². The molecule has 0 bridgehead atoms. The Bertz CT molecular complexity index is 597. The third kappa shape index (κ3) is 3.35. The number of rotatable bonds is 4. The summed E-state index contributed by atoms with van der Waals surface area (Å²) in [4.78, 5) is 11.4. The lowest BCUT2D eigenvalue weighted by atomic mass is 10.2. The maximum atomic E-state index is 13.6. The van der Waals surface area contributed by atoms with Gasteiger partial charge in [-0.25, -0.2) is 9.18 Å². The van der Waals surface area contributed by atoms with Gasteiger partial charge in [0, 0.05) is 0 Å². The molecular weight excluding hydrogens is 317 g/mol. The first-order valence-corrected chi connectivity index (χ1v) is 6.25. The van der Waals surface area contributed by atoms with Gasteiger partial charge in [-0.2, -0.15) is 0 Å². The van der Waals surface area contributed by atoms with E-state index in [1.54, 1.807) is 12.1 Å². The lowest BCUT2D eigenvalue weighted by Crippen LogP contribution is -2.05. The van der Waals surface area contributed by atoms with Gasteiger partial charge in [-0.15, -0.1) is 0 Å². The van der Waals surface area contributed by atoms with Gasteiger partial charge in [-0.3, -0.25) is 0 Å². The van der Waals surface area contributed by atoms with Crippen molar-refractivity contribution < 1.29 is 18.3 Å². The van der Waals surface area contributed by atoms with Crippen molar-refractivity contribution in [2.75, 3.05) is 12.4 Å². The lowest BCUT2D eigenvalue weighted by molar-refractivity contribution is 0.0600. The Hall–Kier alpha value is -1.82. The second-order valence-electron chi connectivity index (χ2n) is 3.75. The zero-order valence-corrected chi connectivity index (χ0v) is 11.7. The third-order valence-corrected chi connectivity index (χ3v) is 2.90. The Morgan fingerprint density at radius 3 is 2.84 bits per heavy atom. The van der Waals surface area contributed by atoms with Gasteiger partial charge in [0.15, 0.2) is 4.67 Å². The van der Waals surface area contributed by atoms with Crippen LogP contribution in [-0.2, 0) is 11.3 Å². The molecule has 0 fully saturated rings. The summed E-state index contributed by atoms with van der Waals surface area (Å²) in [5, 5.41) is 2.86. The van der Waals surface area contributed by atoms with Crippen molar-refractivity contribution in [2.45, 2.75) is 6.54 Å². The predicted molar refractivity (Wildman–Crippen MR) is 71.5 cm³/mol.